The van der Waals surface area contributed by atoms with Gasteiger partial charge >= 0.3 is 6.03 Å². The number of nitrogens with one attached hydrogen (secondary N) is 1. The lowest BCUT2D eigenvalue weighted by molar-refractivity contribution is -0.129. The second-order valence-electron chi connectivity index (χ2n) is 3.51. The Hall–Kier alpha value is -1.20. The number of amides is 3. The number of nitrogens with zero attached hydrogens (tertiary/aromatic N) is 1. The molecular formula is C8H12F2N2O2. The summed E-state index contributed by atoms with van der Waals surface area (Å²) in [7, 11) is 0. The van der Waals surface area contributed by atoms with Crippen molar-refractivity contribution in [2.24, 2.45) is 5.92 Å². The number of carbonyl (C=O) groups excluding carboxylic acids is 2. The van der Waals surface area contributed by atoms with Crippen molar-refractivity contribution in [1.29, 1.82) is 0 Å². The first kappa shape index (κ1) is 10.9. The van der Waals surface area contributed by atoms with E-state index in [2.05, 4.69) is 5.32 Å². The minimum Gasteiger partial charge on any atom is -0.326 e. The van der Waals surface area contributed by atoms with Gasteiger partial charge in [-0.05, 0) is 5.92 Å². The number of carbonyl (C=O) groups is 2. The van der Waals surface area contributed by atoms with Gasteiger partial charge < -0.3 is 5.32 Å². The molecule has 0 aromatic heterocycles. The van der Waals surface area contributed by atoms with Gasteiger partial charge in [-0.25, -0.2) is 13.6 Å². The fraction of sp³-hybridized carbons (Fsp3) is 0.750. The molecule has 0 aliphatic carbocycles. The Bertz CT molecular complexity index is 256. The van der Waals surface area contributed by atoms with Crippen LogP contribution in [-0.4, -0.2) is 35.9 Å². The number of rotatable bonds is 3. The van der Waals surface area contributed by atoms with Crippen LogP contribution < -0.4 is 5.32 Å². The third-order valence-corrected chi connectivity index (χ3v) is 2.04. The largest absolute Gasteiger partial charge is 0.326 e. The third kappa shape index (κ3) is 2.00. The highest BCUT2D eigenvalue weighted by molar-refractivity contribution is 6.04. The van der Waals surface area contributed by atoms with Crippen LogP contribution in [0.5, 0.6) is 0 Å². The van der Waals surface area contributed by atoms with Crippen LogP contribution in [0.3, 0.4) is 0 Å². The van der Waals surface area contributed by atoms with E-state index in [0.29, 0.717) is 4.90 Å². The lowest BCUT2D eigenvalue weighted by Crippen LogP contribution is -2.36. The number of hydrogen-bond acceptors (Lipinski definition) is 2. The smallest absolute Gasteiger partial charge is 0.325 e. The van der Waals surface area contributed by atoms with Gasteiger partial charge in [0.05, 0.1) is 6.54 Å². The fourth-order valence-electron chi connectivity index (χ4n) is 1.30. The van der Waals surface area contributed by atoms with E-state index in [1.54, 1.807) is 13.8 Å². The number of urea groups is 1. The van der Waals surface area contributed by atoms with Crippen LogP contribution in [0.2, 0.25) is 0 Å². The van der Waals surface area contributed by atoms with Gasteiger partial charge in [-0.1, -0.05) is 13.8 Å². The topological polar surface area (TPSA) is 49.4 Å². The zero-order valence-corrected chi connectivity index (χ0v) is 7.96. The van der Waals surface area contributed by atoms with Crippen molar-refractivity contribution in [3.8, 4) is 0 Å². The monoisotopic (exact) mass is 206 g/mol. The molecule has 1 N–H and O–H groups in total. The van der Waals surface area contributed by atoms with Crippen LogP contribution in [0.15, 0.2) is 0 Å². The maximum atomic E-state index is 12.0. The number of alkyl halides is 2. The van der Waals surface area contributed by atoms with Crippen LogP contribution in [0, 0.1) is 5.92 Å². The van der Waals surface area contributed by atoms with Gasteiger partial charge in [0.15, 0.2) is 0 Å². The molecule has 1 aliphatic heterocycles. The Morgan fingerprint density at radius 2 is 2.00 bits per heavy atom. The highest BCUT2D eigenvalue weighted by atomic mass is 19.3. The Morgan fingerprint density at radius 1 is 1.43 bits per heavy atom. The molecule has 1 unspecified atom stereocenters. The average molecular weight is 206 g/mol. The molecule has 4 nitrogen and oxygen atoms in total. The van der Waals surface area contributed by atoms with Gasteiger partial charge in [-0.2, -0.15) is 0 Å². The maximum absolute atomic E-state index is 12.0. The summed E-state index contributed by atoms with van der Waals surface area (Å²) in [5.41, 5.74) is 0. The summed E-state index contributed by atoms with van der Waals surface area (Å²) in [6.45, 7) is 2.66. The molecule has 1 atom stereocenters. The van der Waals surface area contributed by atoms with Crippen molar-refractivity contribution in [3.05, 3.63) is 0 Å². The van der Waals surface area contributed by atoms with E-state index in [9.17, 15) is 18.4 Å². The van der Waals surface area contributed by atoms with Crippen LogP contribution in [0.25, 0.3) is 0 Å². The molecule has 3 amide bonds. The van der Waals surface area contributed by atoms with E-state index in [1.165, 1.54) is 0 Å². The molecule has 6 heteroatoms. The predicted molar refractivity (Wildman–Crippen MR) is 44.9 cm³/mol. The molecular weight excluding hydrogens is 194 g/mol. The zero-order chi connectivity index (χ0) is 10.9. The molecule has 1 rings (SSSR count). The summed E-state index contributed by atoms with van der Waals surface area (Å²) in [6, 6.07) is -1.39. The van der Waals surface area contributed by atoms with Gasteiger partial charge in [0.1, 0.15) is 6.04 Å². The zero-order valence-electron chi connectivity index (χ0n) is 7.96. The lowest BCUT2D eigenvalue weighted by Gasteiger charge is -2.13. The summed E-state index contributed by atoms with van der Waals surface area (Å²) >= 11 is 0. The van der Waals surface area contributed by atoms with Crippen LogP contribution in [0.4, 0.5) is 13.6 Å². The molecule has 14 heavy (non-hydrogen) atoms. The van der Waals surface area contributed by atoms with E-state index in [4.69, 9.17) is 0 Å². The van der Waals surface area contributed by atoms with Crippen molar-refractivity contribution >= 4 is 11.9 Å². The third-order valence-electron chi connectivity index (χ3n) is 2.04. The molecule has 1 heterocycles. The van der Waals surface area contributed by atoms with Crippen LogP contribution in [0.1, 0.15) is 13.8 Å². The van der Waals surface area contributed by atoms with Crippen LogP contribution in [-0.2, 0) is 4.79 Å². The van der Waals surface area contributed by atoms with Crippen LogP contribution >= 0.6 is 0 Å². The van der Waals surface area contributed by atoms with Gasteiger partial charge in [-0.15, -0.1) is 0 Å². The summed E-state index contributed by atoms with van der Waals surface area (Å²) in [5, 5.41) is 2.36. The Kier molecular flexibility index (Phi) is 3.03. The Morgan fingerprint density at radius 3 is 2.36 bits per heavy atom. The SMILES string of the molecule is CC(C)C1NC(=O)N(CC(F)F)C1=O. The predicted octanol–water partition coefficient (Wildman–Crippen LogP) is 0.828. The Balaban J connectivity index is 2.70. The number of hydrogen-bond donors (Lipinski definition) is 1. The minimum absolute atomic E-state index is 0.0888. The maximum Gasteiger partial charge on any atom is 0.325 e. The van der Waals surface area contributed by atoms with E-state index in [-0.39, 0.29) is 5.92 Å². The van der Waals surface area contributed by atoms with Crippen molar-refractivity contribution in [2.45, 2.75) is 26.3 Å². The standard InChI is InChI=1S/C8H12F2N2O2/c1-4(2)6-7(13)12(3-5(9)10)8(14)11-6/h4-6H,3H2,1-2H3,(H,11,14). The molecule has 0 saturated carbocycles. The van der Waals surface area contributed by atoms with E-state index >= 15 is 0 Å². The first-order valence-corrected chi connectivity index (χ1v) is 4.33. The molecule has 80 valence electrons. The van der Waals surface area contributed by atoms with Crippen molar-refractivity contribution < 1.29 is 18.4 Å². The second-order valence-corrected chi connectivity index (χ2v) is 3.51. The Labute approximate surface area is 80.3 Å². The van der Waals surface area contributed by atoms with E-state index in [1.807, 2.05) is 0 Å². The summed E-state index contributed by atoms with van der Waals surface area (Å²) in [6.07, 6.45) is -2.68. The molecule has 0 aromatic rings. The molecule has 0 spiro atoms. The van der Waals surface area contributed by atoms with E-state index < -0.39 is 31.0 Å². The molecule has 0 bridgehead atoms. The molecule has 0 radical (unpaired) electrons. The van der Waals surface area contributed by atoms with Crippen molar-refractivity contribution in [3.63, 3.8) is 0 Å². The second kappa shape index (κ2) is 3.89. The quantitative estimate of drug-likeness (QED) is 0.695. The van der Waals surface area contributed by atoms with Crippen molar-refractivity contribution in [2.75, 3.05) is 6.54 Å². The highest BCUT2D eigenvalue weighted by Gasteiger charge is 2.40. The number of halogens is 2. The normalized spacial score (nSPS) is 22.4. The summed E-state index contributed by atoms with van der Waals surface area (Å²) in [5.74, 6) is -0.653. The molecule has 1 saturated heterocycles. The minimum atomic E-state index is -2.68. The highest BCUT2D eigenvalue weighted by Crippen LogP contribution is 2.14. The average Bonchev–Trinajstić information content (AvgIpc) is 2.31. The fourth-order valence-corrected chi connectivity index (χ4v) is 1.30. The van der Waals surface area contributed by atoms with Gasteiger partial charge in [0, 0.05) is 0 Å². The molecule has 1 aliphatic rings. The first-order valence-electron chi connectivity index (χ1n) is 4.33. The van der Waals surface area contributed by atoms with Gasteiger partial charge in [-0.3, -0.25) is 9.69 Å². The molecule has 0 aromatic carbocycles. The van der Waals surface area contributed by atoms with Gasteiger partial charge in [0.2, 0.25) is 0 Å². The summed E-state index contributed by atoms with van der Waals surface area (Å²) in [4.78, 5) is 23.1. The van der Waals surface area contributed by atoms with E-state index in [0.717, 1.165) is 0 Å². The number of imide groups is 1. The first-order chi connectivity index (χ1) is 6.43. The lowest BCUT2D eigenvalue weighted by atomic mass is 10.1. The molecule has 1 fully saturated rings. The van der Waals surface area contributed by atoms with Gasteiger partial charge in [0.25, 0.3) is 12.3 Å². The van der Waals surface area contributed by atoms with Crippen molar-refractivity contribution in [1.82, 2.24) is 10.2 Å². The summed E-state index contributed by atoms with van der Waals surface area (Å²) < 4.78 is 24.0.